The summed E-state index contributed by atoms with van der Waals surface area (Å²) in [5.74, 6) is 0.344. The molecule has 0 aromatic heterocycles. The van der Waals surface area contributed by atoms with Crippen LogP contribution >= 0.6 is 0 Å². The van der Waals surface area contributed by atoms with Crippen molar-refractivity contribution >= 4 is 5.91 Å². The predicted molar refractivity (Wildman–Crippen MR) is 86.6 cm³/mol. The highest BCUT2D eigenvalue weighted by atomic mass is 19.4. The summed E-state index contributed by atoms with van der Waals surface area (Å²) < 4.78 is 37.6. The van der Waals surface area contributed by atoms with Gasteiger partial charge in [-0.1, -0.05) is 12.1 Å². The van der Waals surface area contributed by atoms with Crippen molar-refractivity contribution in [3.8, 4) is 0 Å². The average molecular weight is 356 g/mol. The Hall–Kier alpha value is -1.60. The van der Waals surface area contributed by atoms with Gasteiger partial charge in [-0.05, 0) is 49.3 Å². The molecular formula is C18H23F3N2O2. The van der Waals surface area contributed by atoms with E-state index in [1.54, 1.807) is 4.90 Å². The molecule has 0 radical (unpaired) electrons. The van der Waals surface area contributed by atoms with Crippen LogP contribution in [0.3, 0.4) is 0 Å². The number of nitrogens with one attached hydrogen (secondary N) is 1. The Morgan fingerprint density at radius 1 is 1.24 bits per heavy atom. The molecule has 2 aliphatic rings. The van der Waals surface area contributed by atoms with E-state index in [2.05, 4.69) is 5.32 Å². The first kappa shape index (κ1) is 18.2. The zero-order chi connectivity index (χ0) is 18.1. The summed E-state index contributed by atoms with van der Waals surface area (Å²) in [5.41, 5.74) is -1.43. The van der Waals surface area contributed by atoms with E-state index in [4.69, 9.17) is 0 Å². The highest BCUT2D eigenvalue weighted by Crippen LogP contribution is 2.32. The number of hydrogen-bond donors (Lipinski definition) is 2. The molecule has 1 saturated carbocycles. The number of alkyl halides is 3. The van der Waals surface area contributed by atoms with E-state index >= 15 is 0 Å². The molecule has 3 rings (SSSR count). The lowest BCUT2D eigenvalue weighted by molar-refractivity contribution is -0.156. The number of hydrogen-bond acceptors (Lipinski definition) is 3. The molecule has 1 saturated heterocycles. The number of benzene rings is 1. The van der Waals surface area contributed by atoms with Gasteiger partial charge in [-0.25, -0.2) is 0 Å². The summed E-state index contributed by atoms with van der Waals surface area (Å²) in [7, 11) is 0. The van der Waals surface area contributed by atoms with Crippen LogP contribution in [0.25, 0.3) is 0 Å². The molecule has 1 aliphatic carbocycles. The Bertz CT molecular complexity index is 614. The number of amides is 1. The molecule has 1 atom stereocenters. The molecule has 7 heteroatoms. The van der Waals surface area contributed by atoms with Crippen LogP contribution in [0.15, 0.2) is 24.3 Å². The van der Waals surface area contributed by atoms with Crippen LogP contribution in [0, 0.1) is 5.92 Å². The van der Waals surface area contributed by atoms with Crippen molar-refractivity contribution in [1.29, 1.82) is 0 Å². The van der Waals surface area contributed by atoms with Crippen molar-refractivity contribution in [2.24, 2.45) is 5.92 Å². The summed E-state index contributed by atoms with van der Waals surface area (Å²) >= 11 is 0. The van der Waals surface area contributed by atoms with Crippen molar-refractivity contribution in [3.63, 3.8) is 0 Å². The molecule has 0 unspecified atom stereocenters. The normalized spacial score (nSPS) is 24.6. The third-order valence-electron chi connectivity index (χ3n) is 4.91. The van der Waals surface area contributed by atoms with Gasteiger partial charge in [0.1, 0.15) is 0 Å². The number of carbonyl (C=O) groups is 1. The molecule has 0 bridgehead atoms. The van der Waals surface area contributed by atoms with Crippen LogP contribution < -0.4 is 5.32 Å². The number of likely N-dealkylation sites (tertiary alicyclic amines) is 1. The molecular weight excluding hydrogens is 333 g/mol. The van der Waals surface area contributed by atoms with E-state index in [1.165, 1.54) is 12.1 Å². The van der Waals surface area contributed by atoms with Crippen molar-refractivity contribution in [2.45, 2.75) is 44.0 Å². The van der Waals surface area contributed by atoms with Crippen LogP contribution in [0.5, 0.6) is 0 Å². The van der Waals surface area contributed by atoms with Gasteiger partial charge < -0.3 is 15.3 Å². The molecule has 0 spiro atoms. The molecule has 4 nitrogen and oxygen atoms in total. The Labute approximate surface area is 145 Å². The van der Waals surface area contributed by atoms with Crippen LogP contribution in [-0.4, -0.2) is 41.1 Å². The van der Waals surface area contributed by atoms with E-state index in [1.807, 2.05) is 0 Å². The fraction of sp³-hybridized carbons (Fsp3) is 0.611. The summed E-state index contributed by atoms with van der Waals surface area (Å²) in [6.07, 6.45) is -0.882. The lowest BCUT2D eigenvalue weighted by Crippen LogP contribution is -2.58. The maximum absolute atomic E-state index is 12.5. The fourth-order valence-corrected chi connectivity index (χ4v) is 3.24. The van der Waals surface area contributed by atoms with E-state index < -0.39 is 17.3 Å². The largest absolute Gasteiger partial charge is 0.416 e. The Morgan fingerprint density at radius 3 is 2.52 bits per heavy atom. The van der Waals surface area contributed by atoms with Crippen LogP contribution in [-0.2, 0) is 17.5 Å². The topological polar surface area (TPSA) is 52.6 Å². The van der Waals surface area contributed by atoms with Crippen LogP contribution in [0.1, 0.15) is 36.8 Å². The summed E-state index contributed by atoms with van der Waals surface area (Å²) in [4.78, 5) is 14.3. The second-order valence-electron chi connectivity index (χ2n) is 7.13. The summed E-state index contributed by atoms with van der Waals surface area (Å²) in [5, 5.41) is 13.7. The molecule has 2 fully saturated rings. The third-order valence-corrected chi connectivity index (χ3v) is 4.91. The van der Waals surface area contributed by atoms with Crippen molar-refractivity contribution in [1.82, 2.24) is 10.2 Å². The van der Waals surface area contributed by atoms with Gasteiger partial charge in [-0.3, -0.25) is 4.79 Å². The first-order valence-electron chi connectivity index (χ1n) is 8.66. The number of aliphatic hydroxyl groups is 1. The number of nitrogens with zero attached hydrogens (tertiary/aromatic N) is 1. The van der Waals surface area contributed by atoms with E-state index in [-0.39, 0.29) is 12.5 Å². The van der Waals surface area contributed by atoms with Crippen LogP contribution in [0.4, 0.5) is 13.2 Å². The quantitative estimate of drug-likeness (QED) is 0.824. The molecule has 138 valence electrons. The molecule has 1 amide bonds. The lowest BCUT2D eigenvalue weighted by atomic mass is 9.91. The summed E-state index contributed by atoms with van der Waals surface area (Å²) in [6.45, 7) is 1.82. The van der Waals surface area contributed by atoms with Gasteiger partial charge in [0.15, 0.2) is 5.60 Å². The van der Waals surface area contributed by atoms with E-state index in [0.29, 0.717) is 31.0 Å². The summed E-state index contributed by atoms with van der Waals surface area (Å²) in [6, 6.07) is 4.88. The maximum Gasteiger partial charge on any atom is 0.416 e. The van der Waals surface area contributed by atoms with Crippen molar-refractivity contribution in [3.05, 3.63) is 35.4 Å². The SMILES string of the molecule is O=C1N(CC2CC2)CCC[C@@]1(O)CNCc1ccc(C(F)(F)F)cc1. The first-order valence-corrected chi connectivity index (χ1v) is 8.66. The lowest BCUT2D eigenvalue weighted by Gasteiger charge is -2.38. The Morgan fingerprint density at radius 2 is 1.92 bits per heavy atom. The third kappa shape index (κ3) is 4.52. The highest BCUT2D eigenvalue weighted by molar-refractivity contribution is 5.86. The van der Waals surface area contributed by atoms with Gasteiger partial charge in [-0.2, -0.15) is 13.2 Å². The molecule has 1 heterocycles. The minimum absolute atomic E-state index is 0.105. The predicted octanol–water partition coefficient (Wildman–Crippen LogP) is 2.56. The van der Waals surface area contributed by atoms with Crippen molar-refractivity contribution < 1.29 is 23.1 Å². The van der Waals surface area contributed by atoms with Gasteiger partial charge >= 0.3 is 6.18 Å². The second-order valence-corrected chi connectivity index (χ2v) is 7.13. The van der Waals surface area contributed by atoms with Gasteiger partial charge in [0.25, 0.3) is 5.91 Å². The van der Waals surface area contributed by atoms with E-state index in [9.17, 15) is 23.1 Å². The molecule has 2 N–H and O–H groups in total. The zero-order valence-corrected chi connectivity index (χ0v) is 14.0. The Kier molecular flexibility index (Phi) is 5.06. The number of carbonyl (C=O) groups excluding carboxylic acids is 1. The highest BCUT2D eigenvalue weighted by Gasteiger charge is 2.43. The van der Waals surface area contributed by atoms with Gasteiger partial charge in [-0.15, -0.1) is 0 Å². The number of halogens is 3. The van der Waals surface area contributed by atoms with Crippen LogP contribution in [0.2, 0.25) is 0 Å². The Balaban J connectivity index is 1.52. The minimum atomic E-state index is -4.35. The van der Waals surface area contributed by atoms with E-state index in [0.717, 1.165) is 37.9 Å². The first-order chi connectivity index (χ1) is 11.8. The fourth-order valence-electron chi connectivity index (χ4n) is 3.24. The average Bonchev–Trinajstić information content (AvgIpc) is 3.36. The standard InChI is InChI=1S/C18H23F3N2O2/c19-18(20,21)15-6-4-13(5-7-15)10-22-12-17(25)8-1-9-23(16(17)24)11-14-2-3-14/h4-7,14,22,25H,1-3,8-12H2/t17-/m1/s1. The smallest absolute Gasteiger partial charge is 0.379 e. The van der Waals surface area contributed by atoms with Gasteiger partial charge in [0.2, 0.25) is 0 Å². The van der Waals surface area contributed by atoms with Gasteiger partial charge in [0.05, 0.1) is 5.56 Å². The minimum Gasteiger partial charge on any atom is -0.379 e. The van der Waals surface area contributed by atoms with Gasteiger partial charge in [0, 0.05) is 26.2 Å². The zero-order valence-electron chi connectivity index (χ0n) is 14.0. The molecule has 1 aliphatic heterocycles. The number of piperidine rings is 1. The monoisotopic (exact) mass is 356 g/mol. The molecule has 1 aromatic carbocycles. The number of rotatable bonds is 6. The second kappa shape index (κ2) is 6.96. The molecule has 1 aromatic rings. The van der Waals surface area contributed by atoms with Crippen molar-refractivity contribution in [2.75, 3.05) is 19.6 Å². The molecule has 25 heavy (non-hydrogen) atoms. The maximum atomic E-state index is 12.5.